The van der Waals surface area contributed by atoms with E-state index >= 15 is 0 Å². The first kappa shape index (κ1) is 17.5. The molecular weight excluding hydrogens is 380 g/mol. The van der Waals surface area contributed by atoms with Crippen LogP contribution in [-0.4, -0.2) is 18.4 Å². The summed E-state index contributed by atoms with van der Waals surface area (Å²) in [5.74, 6) is -0.458. The van der Waals surface area contributed by atoms with Crippen molar-refractivity contribution in [3.05, 3.63) is 63.6 Å². The van der Waals surface area contributed by atoms with Crippen LogP contribution in [0.5, 0.6) is 0 Å². The minimum atomic E-state index is -0.254. The fraction of sp³-hybridized carbons (Fsp3) is 0.176. The summed E-state index contributed by atoms with van der Waals surface area (Å²) in [6.07, 6.45) is 0. The molecule has 0 spiro atoms. The smallest absolute Gasteiger partial charge is 0.240 e. The minimum absolute atomic E-state index is 0.0532. The molecule has 120 valence electrons. The number of carbonyl (C=O) groups excluding carboxylic acids is 2. The molecule has 2 aromatic carbocycles. The normalized spacial score (nSPS) is 10.2. The summed E-state index contributed by atoms with van der Waals surface area (Å²) in [6.45, 7) is 1.70. The molecule has 2 aromatic rings. The van der Waals surface area contributed by atoms with Gasteiger partial charge in [-0.2, -0.15) is 0 Å². The first-order valence-electron chi connectivity index (χ1n) is 7.02. The number of hydrogen-bond donors (Lipinski definition) is 1. The Kier molecular flexibility index (Phi) is 6.19. The van der Waals surface area contributed by atoms with Gasteiger partial charge in [0.25, 0.3) is 0 Å². The third kappa shape index (κ3) is 4.81. The lowest BCUT2D eigenvalue weighted by Crippen LogP contribution is -2.39. The molecule has 0 fully saturated rings. The molecule has 0 aliphatic carbocycles. The van der Waals surface area contributed by atoms with Crippen LogP contribution in [0.2, 0.25) is 5.02 Å². The van der Waals surface area contributed by atoms with Crippen LogP contribution in [0.15, 0.2) is 53.0 Å². The van der Waals surface area contributed by atoms with E-state index in [0.29, 0.717) is 17.3 Å². The third-order valence-electron chi connectivity index (χ3n) is 3.26. The molecule has 2 rings (SSSR count). The lowest BCUT2D eigenvalue weighted by atomic mass is 10.2. The van der Waals surface area contributed by atoms with Crippen molar-refractivity contribution in [2.24, 2.45) is 0 Å². The fourth-order valence-electron chi connectivity index (χ4n) is 2.07. The zero-order valence-corrected chi connectivity index (χ0v) is 14.9. The predicted octanol–water partition coefficient (Wildman–Crippen LogP) is 3.77. The number of nitrogens with one attached hydrogen (secondary N) is 1. The van der Waals surface area contributed by atoms with Crippen molar-refractivity contribution < 1.29 is 9.59 Å². The molecule has 0 bridgehead atoms. The van der Waals surface area contributed by atoms with E-state index < -0.39 is 0 Å². The molecular formula is C17H16BrClN2O2. The molecule has 0 saturated heterocycles. The largest absolute Gasteiger partial charge is 0.350 e. The zero-order chi connectivity index (χ0) is 16.8. The number of amides is 2. The van der Waals surface area contributed by atoms with E-state index in [0.717, 1.165) is 10.0 Å². The molecule has 0 aromatic heterocycles. The minimum Gasteiger partial charge on any atom is -0.350 e. The Morgan fingerprint density at radius 2 is 1.78 bits per heavy atom. The van der Waals surface area contributed by atoms with Crippen molar-refractivity contribution in [3.8, 4) is 0 Å². The van der Waals surface area contributed by atoms with Gasteiger partial charge in [0.2, 0.25) is 11.8 Å². The van der Waals surface area contributed by atoms with E-state index in [9.17, 15) is 9.59 Å². The molecule has 4 nitrogen and oxygen atoms in total. The van der Waals surface area contributed by atoms with Crippen LogP contribution < -0.4 is 10.2 Å². The van der Waals surface area contributed by atoms with Crippen LogP contribution in [0.25, 0.3) is 0 Å². The summed E-state index contributed by atoms with van der Waals surface area (Å²) in [5.41, 5.74) is 1.49. The Labute approximate surface area is 148 Å². The van der Waals surface area contributed by atoms with E-state index in [1.807, 2.05) is 36.4 Å². The topological polar surface area (TPSA) is 49.4 Å². The summed E-state index contributed by atoms with van der Waals surface area (Å²) in [4.78, 5) is 25.5. The average molecular weight is 396 g/mol. The molecule has 0 unspecified atom stereocenters. The van der Waals surface area contributed by atoms with Gasteiger partial charge in [-0.25, -0.2) is 0 Å². The molecule has 0 atom stereocenters. The maximum absolute atomic E-state index is 12.2. The summed E-state index contributed by atoms with van der Waals surface area (Å²) in [7, 11) is 0. The highest BCUT2D eigenvalue weighted by Gasteiger charge is 2.17. The molecule has 0 radical (unpaired) electrons. The first-order chi connectivity index (χ1) is 11.0. The monoisotopic (exact) mass is 394 g/mol. The van der Waals surface area contributed by atoms with Gasteiger partial charge in [-0.3, -0.25) is 9.59 Å². The Morgan fingerprint density at radius 1 is 1.13 bits per heavy atom. The van der Waals surface area contributed by atoms with Gasteiger partial charge in [0.1, 0.15) is 6.54 Å². The van der Waals surface area contributed by atoms with E-state index in [-0.39, 0.29) is 18.4 Å². The number of rotatable bonds is 5. The molecule has 0 aliphatic heterocycles. The van der Waals surface area contributed by atoms with Crippen molar-refractivity contribution in [1.29, 1.82) is 0 Å². The van der Waals surface area contributed by atoms with E-state index in [1.54, 1.807) is 12.1 Å². The van der Waals surface area contributed by atoms with Crippen molar-refractivity contribution in [2.45, 2.75) is 13.5 Å². The van der Waals surface area contributed by atoms with Crippen molar-refractivity contribution in [2.75, 3.05) is 11.4 Å². The number of benzene rings is 2. The van der Waals surface area contributed by atoms with Crippen LogP contribution in [-0.2, 0) is 16.1 Å². The Hall–Kier alpha value is -1.85. The standard InChI is InChI=1S/C17H16BrClN2O2/c1-12(22)21(16-9-5-3-7-14(16)18)11-17(23)20-10-13-6-2-4-8-15(13)19/h2-9H,10-11H2,1H3,(H,20,23). The van der Waals surface area contributed by atoms with Gasteiger partial charge in [-0.15, -0.1) is 0 Å². The highest BCUT2D eigenvalue weighted by molar-refractivity contribution is 9.10. The first-order valence-corrected chi connectivity index (χ1v) is 8.19. The van der Waals surface area contributed by atoms with E-state index in [1.165, 1.54) is 11.8 Å². The van der Waals surface area contributed by atoms with Crippen LogP contribution in [0.3, 0.4) is 0 Å². The maximum Gasteiger partial charge on any atom is 0.240 e. The molecule has 0 heterocycles. The zero-order valence-electron chi connectivity index (χ0n) is 12.6. The van der Waals surface area contributed by atoms with E-state index in [2.05, 4.69) is 21.2 Å². The number of halogens is 2. The van der Waals surface area contributed by atoms with Gasteiger partial charge in [0.05, 0.1) is 5.69 Å². The maximum atomic E-state index is 12.2. The van der Waals surface area contributed by atoms with Crippen molar-refractivity contribution in [1.82, 2.24) is 5.32 Å². The van der Waals surface area contributed by atoms with Crippen molar-refractivity contribution >= 4 is 45.0 Å². The highest BCUT2D eigenvalue weighted by atomic mass is 79.9. The lowest BCUT2D eigenvalue weighted by Gasteiger charge is -2.22. The number of hydrogen-bond acceptors (Lipinski definition) is 2. The molecule has 0 aliphatic rings. The second-order valence-electron chi connectivity index (χ2n) is 4.92. The number of anilines is 1. The van der Waals surface area contributed by atoms with E-state index in [4.69, 9.17) is 11.6 Å². The third-order valence-corrected chi connectivity index (χ3v) is 4.30. The van der Waals surface area contributed by atoms with Gasteiger partial charge < -0.3 is 10.2 Å². The second kappa shape index (κ2) is 8.13. The quantitative estimate of drug-likeness (QED) is 0.838. The Balaban J connectivity index is 2.03. The Morgan fingerprint density at radius 3 is 2.43 bits per heavy atom. The van der Waals surface area contributed by atoms with Crippen LogP contribution >= 0.6 is 27.5 Å². The fourth-order valence-corrected chi connectivity index (χ4v) is 2.77. The van der Waals surface area contributed by atoms with Crippen LogP contribution in [0.1, 0.15) is 12.5 Å². The number of carbonyl (C=O) groups is 2. The molecule has 1 N–H and O–H groups in total. The van der Waals surface area contributed by atoms with Gasteiger partial charge in [-0.1, -0.05) is 41.9 Å². The van der Waals surface area contributed by atoms with Gasteiger partial charge in [-0.05, 0) is 39.7 Å². The molecule has 23 heavy (non-hydrogen) atoms. The molecule has 0 saturated carbocycles. The number of nitrogens with zero attached hydrogens (tertiary/aromatic N) is 1. The number of para-hydroxylation sites is 1. The van der Waals surface area contributed by atoms with Gasteiger partial charge in [0, 0.05) is 23.0 Å². The summed E-state index contributed by atoms with van der Waals surface area (Å²) in [5, 5.41) is 3.38. The second-order valence-corrected chi connectivity index (χ2v) is 6.19. The Bertz CT molecular complexity index is 721. The summed E-state index contributed by atoms with van der Waals surface area (Å²) < 4.78 is 0.758. The molecule has 6 heteroatoms. The molecule has 2 amide bonds. The summed E-state index contributed by atoms with van der Waals surface area (Å²) in [6, 6.07) is 14.6. The van der Waals surface area contributed by atoms with Crippen LogP contribution in [0, 0.1) is 0 Å². The predicted molar refractivity (Wildman–Crippen MR) is 95.5 cm³/mol. The van der Waals surface area contributed by atoms with Crippen molar-refractivity contribution in [3.63, 3.8) is 0 Å². The van der Waals surface area contributed by atoms with Gasteiger partial charge >= 0.3 is 0 Å². The van der Waals surface area contributed by atoms with Gasteiger partial charge in [0.15, 0.2) is 0 Å². The summed E-state index contributed by atoms with van der Waals surface area (Å²) >= 11 is 9.46. The SMILES string of the molecule is CC(=O)N(CC(=O)NCc1ccccc1Cl)c1ccccc1Br. The average Bonchev–Trinajstić information content (AvgIpc) is 2.52. The lowest BCUT2D eigenvalue weighted by molar-refractivity contribution is -0.123. The highest BCUT2D eigenvalue weighted by Crippen LogP contribution is 2.25. The van der Waals surface area contributed by atoms with Crippen LogP contribution in [0.4, 0.5) is 5.69 Å².